The highest BCUT2D eigenvalue weighted by atomic mass is 32.1. The van der Waals surface area contributed by atoms with Gasteiger partial charge >= 0.3 is 0 Å². The predicted octanol–water partition coefficient (Wildman–Crippen LogP) is 1.87. The van der Waals surface area contributed by atoms with Gasteiger partial charge in [0.15, 0.2) is 0 Å². The number of para-hydroxylation sites is 1. The van der Waals surface area contributed by atoms with Crippen LogP contribution in [-0.2, 0) is 11.2 Å². The fraction of sp³-hybridized carbons (Fsp3) is 0.524. The van der Waals surface area contributed by atoms with Crippen LogP contribution in [0.4, 0.5) is 5.69 Å². The summed E-state index contributed by atoms with van der Waals surface area (Å²) in [6, 6.07) is 9.26. The molecule has 1 aliphatic heterocycles. The van der Waals surface area contributed by atoms with Gasteiger partial charge < -0.3 is 15.5 Å². The van der Waals surface area contributed by atoms with Gasteiger partial charge in [0, 0.05) is 57.8 Å². The molecule has 0 saturated carbocycles. The zero-order valence-electron chi connectivity index (χ0n) is 17.5. The molecule has 162 valence electrons. The Hall–Kier alpha value is -2.36. The highest BCUT2D eigenvalue weighted by molar-refractivity contribution is 7.13. The topological polar surface area (TPSA) is 90.5 Å². The smallest absolute Gasteiger partial charge is 0.286 e. The molecular weight excluding hydrogens is 400 g/mol. The van der Waals surface area contributed by atoms with Crippen LogP contribution in [-0.4, -0.2) is 77.6 Å². The third kappa shape index (κ3) is 7.16. The SMILES string of the molecule is CCN1CCN(CCNC(=O)CCCc2nnc(C(=O)Nc3ccccc3)s2)CC1. The van der Waals surface area contributed by atoms with E-state index in [0.29, 0.717) is 30.8 Å². The molecule has 0 radical (unpaired) electrons. The number of aryl methyl sites for hydroxylation is 1. The summed E-state index contributed by atoms with van der Waals surface area (Å²) in [5.41, 5.74) is 0.725. The van der Waals surface area contributed by atoms with E-state index < -0.39 is 0 Å². The molecule has 30 heavy (non-hydrogen) atoms. The van der Waals surface area contributed by atoms with Crippen molar-refractivity contribution in [3.63, 3.8) is 0 Å². The zero-order valence-corrected chi connectivity index (χ0v) is 18.3. The van der Waals surface area contributed by atoms with E-state index in [9.17, 15) is 9.59 Å². The van der Waals surface area contributed by atoms with Crippen LogP contribution < -0.4 is 10.6 Å². The summed E-state index contributed by atoms with van der Waals surface area (Å²) >= 11 is 1.27. The Bertz CT molecular complexity index is 805. The summed E-state index contributed by atoms with van der Waals surface area (Å²) in [5, 5.41) is 15.0. The van der Waals surface area contributed by atoms with Gasteiger partial charge in [-0.1, -0.05) is 36.5 Å². The third-order valence-corrected chi connectivity index (χ3v) is 6.13. The first kappa shape index (κ1) is 22.3. The Morgan fingerprint density at radius 3 is 2.53 bits per heavy atom. The largest absolute Gasteiger partial charge is 0.355 e. The molecule has 3 rings (SSSR count). The number of likely N-dealkylation sites (N-methyl/N-ethyl adjacent to an activating group) is 1. The zero-order chi connectivity index (χ0) is 21.2. The molecule has 0 unspecified atom stereocenters. The predicted molar refractivity (Wildman–Crippen MR) is 119 cm³/mol. The number of carbonyl (C=O) groups is 2. The van der Waals surface area contributed by atoms with Crippen LogP contribution in [0.1, 0.15) is 34.6 Å². The summed E-state index contributed by atoms with van der Waals surface area (Å²) in [4.78, 5) is 29.1. The average Bonchev–Trinajstić information content (AvgIpc) is 3.24. The van der Waals surface area contributed by atoms with Crippen molar-refractivity contribution in [2.45, 2.75) is 26.2 Å². The van der Waals surface area contributed by atoms with Gasteiger partial charge in [0.2, 0.25) is 10.9 Å². The number of aromatic nitrogens is 2. The third-order valence-electron chi connectivity index (χ3n) is 5.15. The number of piperazine rings is 1. The molecule has 2 heterocycles. The van der Waals surface area contributed by atoms with Crippen LogP contribution in [0.2, 0.25) is 0 Å². The van der Waals surface area contributed by atoms with Crippen molar-refractivity contribution in [1.82, 2.24) is 25.3 Å². The molecule has 0 bridgehead atoms. The molecule has 1 aromatic heterocycles. The molecule has 1 fully saturated rings. The van der Waals surface area contributed by atoms with E-state index in [0.717, 1.165) is 50.0 Å². The standard InChI is InChI=1S/C21H30N6O2S/c1-2-26-13-15-27(16-14-26)12-11-22-18(28)9-6-10-19-24-25-21(30-19)20(29)23-17-7-4-3-5-8-17/h3-5,7-8H,2,6,9-16H2,1H3,(H,22,28)(H,23,29). The fourth-order valence-electron chi connectivity index (χ4n) is 3.32. The second-order valence-corrected chi connectivity index (χ2v) is 8.36. The molecule has 0 spiro atoms. The molecule has 2 amide bonds. The second-order valence-electron chi connectivity index (χ2n) is 7.30. The van der Waals surface area contributed by atoms with Crippen LogP contribution in [0.3, 0.4) is 0 Å². The summed E-state index contributed by atoms with van der Waals surface area (Å²) in [6.45, 7) is 9.25. The van der Waals surface area contributed by atoms with Crippen molar-refractivity contribution in [1.29, 1.82) is 0 Å². The molecule has 2 aromatic rings. The molecule has 8 nitrogen and oxygen atoms in total. The van der Waals surface area contributed by atoms with Gasteiger partial charge in [-0.25, -0.2) is 0 Å². The first-order chi connectivity index (χ1) is 14.6. The molecular formula is C21H30N6O2S. The van der Waals surface area contributed by atoms with Crippen molar-refractivity contribution in [3.05, 3.63) is 40.3 Å². The monoisotopic (exact) mass is 430 g/mol. The Morgan fingerprint density at radius 2 is 1.80 bits per heavy atom. The number of hydrogen-bond acceptors (Lipinski definition) is 7. The number of benzene rings is 1. The lowest BCUT2D eigenvalue weighted by Gasteiger charge is -2.33. The van der Waals surface area contributed by atoms with Gasteiger partial charge in [0.25, 0.3) is 5.91 Å². The van der Waals surface area contributed by atoms with Gasteiger partial charge in [-0.2, -0.15) is 0 Å². The summed E-state index contributed by atoms with van der Waals surface area (Å²) in [7, 11) is 0. The number of nitrogens with zero attached hydrogens (tertiary/aromatic N) is 4. The van der Waals surface area contributed by atoms with Gasteiger partial charge in [-0.05, 0) is 25.1 Å². The van der Waals surface area contributed by atoms with Crippen molar-refractivity contribution >= 4 is 28.8 Å². The lowest BCUT2D eigenvalue weighted by molar-refractivity contribution is -0.121. The van der Waals surface area contributed by atoms with E-state index in [-0.39, 0.29) is 11.8 Å². The molecule has 0 aliphatic carbocycles. The van der Waals surface area contributed by atoms with E-state index in [1.807, 2.05) is 30.3 Å². The average molecular weight is 431 g/mol. The highest BCUT2D eigenvalue weighted by Crippen LogP contribution is 2.15. The van der Waals surface area contributed by atoms with E-state index >= 15 is 0 Å². The quantitative estimate of drug-likeness (QED) is 0.598. The molecule has 1 saturated heterocycles. The normalized spacial score (nSPS) is 15.1. The first-order valence-electron chi connectivity index (χ1n) is 10.5. The molecule has 9 heteroatoms. The van der Waals surface area contributed by atoms with E-state index in [2.05, 4.69) is 37.6 Å². The molecule has 1 aliphatic rings. The van der Waals surface area contributed by atoms with Crippen LogP contribution in [0, 0.1) is 0 Å². The number of carbonyl (C=O) groups excluding carboxylic acids is 2. The van der Waals surface area contributed by atoms with E-state index in [1.54, 1.807) is 0 Å². The van der Waals surface area contributed by atoms with Crippen molar-refractivity contribution in [3.8, 4) is 0 Å². The van der Waals surface area contributed by atoms with E-state index in [4.69, 9.17) is 0 Å². The summed E-state index contributed by atoms with van der Waals surface area (Å²) in [5.74, 6) is -0.198. The summed E-state index contributed by atoms with van der Waals surface area (Å²) in [6.07, 6.45) is 1.79. The lowest BCUT2D eigenvalue weighted by Crippen LogP contribution is -2.48. The van der Waals surface area contributed by atoms with Crippen molar-refractivity contribution in [2.75, 3.05) is 51.1 Å². The van der Waals surface area contributed by atoms with Gasteiger partial charge in [-0.15, -0.1) is 10.2 Å². The van der Waals surface area contributed by atoms with E-state index in [1.165, 1.54) is 11.3 Å². The van der Waals surface area contributed by atoms with Gasteiger partial charge in [-0.3, -0.25) is 14.5 Å². The maximum Gasteiger partial charge on any atom is 0.286 e. The van der Waals surface area contributed by atoms with Gasteiger partial charge in [0.05, 0.1) is 0 Å². The van der Waals surface area contributed by atoms with Crippen LogP contribution >= 0.6 is 11.3 Å². The minimum absolute atomic E-state index is 0.0637. The minimum Gasteiger partial charge on any atom is -0.355 e. The Balaban J connectivity index is 1.30. The Kier molecular flexibility index (Phi) is 8.73. The maximum absolute atomic E-state index is 12.2. The number of hydrogen-bond donors (Lipinski definition) is 2. The number of rotatable bonds is 10. The molecule has 2 N–H and O–H groups in total. The fourth-order valence-corrected chi connectivity index (χ4v) is 4.10. The highest BCUT2D eigenvalue weighted by Gasteiger charge is 2.15. The number of nitrogens with one attached hydrogen (secondary N) is 2. The molecule has 1 aromatic carbocycles. The first-order valence-corrected chi connectivity index (χ1v) is 11.4. The Labute approximate surface area is 181 Å². The van der Waals surface area contributed by atoms with Crippen LogP contribution in [0.15, 0.2) is 30.3 Å². The Morgan fingerprint density at radius 1 is 1.07 bits per heavy atom. The number of amides is 2. The minimum atomic E-state index is -0.262. The second kappa shape index (κ2) is 11.7. The van der Waals surface area contributed by atoms with Crippen LogP contribution in [0.25, 0.3) is 0 Å². The van der Waals surface area contributed by atoms with Crippen molar-refractivity contribution in [2.24, 2.45) is 0 Å². The molecule has 0 atom stereocenters. The van der Waals surface area contributed by atoms with Crippen LogP contribution in [0.5, 0.6) is 0 Å². The van der Waals surface area contributed by atoms with Crippen molar-refractivity contribution < 1.29 is 9.59 Å². The summed E-state index contributed by atoms with van der Waals surface area (Å²) < 4.78 is 0. The maximum atomic E-state index is 12.2. The van der Waals surface area contributed by atoms with Gasteiger partial charge in [0.1, 0.15) is 5.01 Å². The number of anilines is 1. The lowest BCUT2D eigenvalue weighted by atomic mass is 10.2.